The molecule has 0 aromatic carbocycles. The maximum atomic E-state index is 11.7. The molecular weight excluding hydrogens is 298 g/mol. The molecule has 0 radical (unpaired) electrons. The fourth-order valence-electron chi connectivity index (χ4n) is 3.43. The van der Waals surface area contributed by atoms with Crippen molar-refractivity contribution >= 4 is 18.6 Å². The molecule has 0 bridgehead atoms. The Kier molecular flexibility index (Phi) is 6.18. The molecule has 8 heteroatoms. The van der Waals surface area contributed by atoms with Crippen LogP contribution in [0, 0.1) is 0 Å². The number of nitrogens with one attached hydrogen (secondary N) is 1. The highest BCUT2D eigenvalue weighted by molar-refractivity contribution is 7.88. The summed E-state index contributed by atoms with van der Waals surface area (Å²) in [6.45, 7) is 2.05. The first kappa shape index (κ1) is 18.1. The second-order valence-corrected chi connectivity index (χ2v) is 10.8. The molecule has 1 N–H and O–H groups in total. The quantitative estimate of drug-likeness (QED) is 0.711. The molecule has 0 aliphatic carbocycles. The van der Waals surface area contributed by atoms with Crippen LogP contribution in [0.2, 0.25) is 6.04 Å². The third kappa shape index (κ3) is 3.25. The van der Waals surface area contributed by atoms with E-state index in [9.17, 15) is 8.42 Å². The van der Waals surface area contributed by atoms with Gasteiger partial charge in [0.1, 0.15) is 5.22 Å². The molecule has 120 valence electrons. The first-order valence-electron chi connectivity index (χ1n) is 6.93. The van der Waals surface area contributed by atoms with Gasteiger partial charge in [0.15, 0.2) is 0 Å². The largest absolute Gasteiger partial charge is 0.396 e. The van der Waals surface area contributed by atoms with Crippen molar-refractivity contribution in [3.63, 3.8) is 0 Å². The van der Waals surface area contributed by atoms with E-state index in [4.69, 9.17) is 13.6 Å². The molecule has 2 atom stereocenters. The van der Waals surface area contributed by atoms with Crippen LogP contribution in [0.1, 0.15) is 32.6 Å². The van der Waals surface area contributed by atoms with Gasteiger partial charge in [-0.1, -0.05) is 13.3 Å². The molecule has 0 aromatic heterocycles. The number of sulfonamides is 1. The van der Waals surface area contributed by atoms with Gasteiger partial charge in [0.25, 0.3) is 0 Å². The van der Waals surface area contributed by atoms with E-state index in [0.29, 0.717) is 6.42 Å². The molecule has 0 amide bonds. The van der Waals surface area contributed by atoms with Gasteiger partial charge in [-0.2, -0.15) is 0 Å². The number of hydrogen-bond acceptors (Lipinski definition) is 5. The minimum atomic E-state index is -3.31. The smallest absolute Gasteiger partial charge is 0.372 e. The van der Waals surface area contributed by atoms with Crippen molar-refractivity contribution in [3.8, 4) is 0 Å². The van der Waals surface area contributed by atoms with Gasteiger partial charge in [0, 0.05) is 21.3 Å². The van der Waals surface area contributed by atoms with Crippen molar-refractivity contribution in [2.24, 2.45) is 0 Å². The predicted molar refractivity (Wildman–Crippen MR) is 80.2 cm³/mol. The lowest BCUT2D eigenvalue weighted by atomic mass is 10.0. The molecule has 6 nitrogen and oxygen atoms in total. The topological polar surface area (TPSA) is 73.9 Å². The summed E-state index contributed by atoms with van der Waals surface area (Å²) in [4.78, 5) is 0. The average molecular weight is 326 g/mol. The lowest BCUT2D eigenvalue weighted by molar-refractivity contribution is -0.0318. The number of hydrogen-bond donors (Lipinski definition) is 1. The number of rotatable bonds is 7. The maximum absolute atomic E-state index is 11.7. The molecular formula is C12H27NO5SSi. The number of methoxy groups -OCH3 is 1. The van der Waals surface area contributed by atoms with Gasteiger partial charge in [0.2, 0.25) is 10.0 Å². The zero-order chi connectivity index (χ0) is 15.4. The van der Waals surface area contributed by atoms with Gasteiger partial charge >= 0.3 is 8.56 Å². The summed E-state index contributed by atoms with van der Waals surface area (Å²) >= 11 is 0. The van der Waals surface area contributed by atoms with Crippen molar-refractivity contribution in [2.75, 3.05) is 27.6 Å². The summed E-state index contributed by atoms with van der Waals surface area (Å²) < 4.78 is 43.5. The second-order valence-electron chi connectivity index (χ2n) is 5.34. The van der Waals surface area contributed by atoms with Crippen LogP contribution in [0.25, 0.3) is 0 Å². The van der Waals surface area contributed by atoms with E-state index in [-0.39, 0.29) is 6.04 Å². The lowest BCUT2D eigenvalue weighted by Crippen LogP contribution is -2.73. The van der Waals surface area contributed by atoms with Crippen LogP contribution in [0.5, 0.6) is 0 Å². The Morgan fingerprint density at radius 2 is 1.90 bits per heavy atom. The molecule has 1 aliphatic heterocycles. The van der Waals surface area contributed by atoms with E-state index in [0.717, 1.165) is 25.3 Å². The normalized spacial score (nSPS) is 30.4. The Hall–Kier alpha value is 0.00688. The molecule has 0 aromatic rings. The Balaban J connectivity index is 3.27. The zero-order valence-electron chi connectivity index (χ0n) is 13.1. The fraction of sp³-hybridized carbons (Fsp3) is 1.00. The minimum Gasteiger partial charge on any atom is -0.396 e. The Labute approximate surface area is 123 Å². The lowest BCUT2D eigenvalue weighted by Gasteiger charge is -2.52. The van der Waals surface area contributed by atoms with Crippen molar-refractivity contribution in [2.45, 2.75) is 49.9 Å². The van der Waals surface area contributed by atoms with Crippen molar-refractivity contribution in [3.05, 3.63) is 0 Å². The summed E-state index contributed by atoms with van der Waals surface area (Å²) in [5.41, 5.74) is 0. The van der Waals surface area contributed by atoms with Crippen molar-refractivity contribution < 1.29 is 22.0 Å². The standard InChI is InChI=1S/C12H27NO5SSi/c1-6-9-12(16-2)11(13-19(5,14)15)8-7-10-20(12,17-3)18-4/h11,13H,6-10H2,1-5H3. The molecule has 1 fully saturated rings. The van der Waals surface area contributed by atoms with Gasteiger partial charge in [0.05, 0.1) is 12.3 Å². The van der Waals surface area contributed by atoms with Crippen molar-refractivity contribution in [1.29, 1.82) is 0 Å². The van der Waals surface area contributed by atoms with Crippen LogP contribution >= 0.6 is 0 Å². The van der Waals surface area contributed by atoms with Crippen LogP contribution in [-0.4, -0.2) is 55.8 Å². The van der Waals surface area contributed by atoms with E-state index in [1.165, 1.54) is 6.26 Å². The molecule has 2 unspecified atom stereocenters. The summed E-state index contributed by atoms with van der Waals surface area (Å²) in [6, 6.07) is 0.512. The predicted octanol–water partition coefficient (Wildman–Crippen LogP) is 1.16. The SMILES string of the molecule is CCCC1(OC)C(NS(C)(=O)=O)CCC[Si]1(OC)OC. The third-order valence-electron chi connectivity index (χ3n) is 4.21. The van der Waals surface area contributed by atoms with Crippen LogP contribution in [0.4, 0.5) is 0 Å². The van der Waals surface area contributed by atoms with Crippen molar-refractivity contribution in [1.82, 2.24) is 4.72 Å². The highest BCUT2D eigenvalue weighted by Gasteiger charge is 2.63. The first-order valence-corrected chi connectivity index (χ1v) is 10.8. The zero-order valence-corrected chi connectivity index (χ0v) is 14.9. The van der Waals surface area contributed by atoms with E-state index in [1.807, 2.05) is 0 Å². The third-order valence-corrected chi connectivity index (χ3v) is 9.34. The second kappa shape index (κ2) is 6.84. The Bertz CT molecular complexity index is 412. The highest BCUT2D eigenvalue weighted by Crippen LogP contribution is 2.43. The summed E-state index contributed by atoms with van der Waals surface area (Å²) in [7, 11) is -1.05. The first-order chi connectivity index (χ1) is 9.30. The molecule has 1 heterocycles. The van der Waals surface area contributed by atoms with E-state index in [2.05, 4.69) is 11.6 Å². The van der Waals surface area contributed by atoms with E-state index < -0.39 is 23.8 Å². The van der Waals surface area contributed by atoms with Gasteiger partial charge < -0.3 is 13.6 Å². The fourth-order valence-corrected chi connectivity index (χ4v) is 8.41. The molecule has 0 saturated carbocycles. The van der Waals surface area contributed by atoms with Crippen LogP contribution in [0.15, 0.2) is 0 Å². The summed E-state index contributed by atoms with van der Waals surface area (Å²) in [5, 5.41) is -0.688. The highest BCUT2D eigenvalue weighted by atomic mass is 32.2. The van der Waals surface area contributed by atoms with Gasteiger partial charge in [-0.3, -0.25) is 0 Å². The number of ether oxygens (including phenoxy) is 1. The van der Waals surface area contributed by atoms with Crippen LogP contribution in [-0.2, 0) is 23.6 Å². The van der Waals surface area contributed by atoms with Gasteiger partial charge in [-0.05, 0) is 25.3 Å². The maximum Gasteiger partial charge on any atom is 0.372 e. The van der Waals surface area contributed by atoms with Crippen LogP contribution < -0.4 is 4.72 Å². The van der Waals surface area contributed by atoms with Crippen LogP contribution in [0.3, 0.4) is 0 Å². The molecule has 0 spiro atoms. The summed E-state index contributed by atoms with van der Waals surface area (Å²) in [5.74, 6) is 0. The average Bonchev–Trinajstić information content (AvgIpc) is 2.39. The molecule has 1 rings (SSSR count). The minimum absolute atomic E-state index is 0.303. The molecule has 20 heavy (non-hydrogen) atoms. The molecule has 1 aliphatic rings. The van der Waals surface area contributed by atoms with Gasteiger partial charge in [-0.25, -0.2) is 13.1 Å². The summed E-state index contributed by atoms with van der Waals surface area (Å²) in [6.07, 6.45) is 4.37. The molecule has 1 saturated heterocycles. The Morgan fingerprint density at radius 3 is 2.30 bits per heavy atom. The van der Waals surface area contributed by atoms with Gasteiger partial charge in [-0.15, -0.1) is 0 Å². The van der Waals surface area contributed by atoms with E-state index in [1.54, 1.807) is 21.3 Å². The monoisotopic (exact) mass is 325 g/mol. The van der Waals surface area contributed by atoms with E-state index >= 15 is 0 Å². The Morgan fingerprint density at radius 1 is 1.30 bits per heavy atom.